The SMILES string of the molecule is OC1[C@H](O)CN(Cc2c(-c3ccc(Cl)cc3)nc3sccn23)C[C@@H]1O. The number of aromatic nitrogens is 2. The fourth-order valence-corrected chi connectivity index (χ4v) is 4.10. The number of thiazole rings is 1. The Bertz CT molecular complexity index is 867. The molecule has 1 unspecified atom stereocenters. The van der Waals surface area contributed by atoms with Crippen LogP contribution in [-0.4, -0.2) is 61.0 Å². The number of aliphatic hydroxyl groups excluding tert-OH is 3. The lowest BCUT2D eigenvalue weighted by Gasteiger charge is -2.36. The average molecular weight is 380 g/mol. The van der Waals surface area contributed by atoms with Crippen molar-refractivity contribution in [2.75, 3.05) is 13.1 Å². The van der Waals surface area contributed by atoms with Crippen LogP contribution >= 0.6 is 22.9 Å². The van der Waals surface area contributed by atoms with E-state index in [-0.39, 0.29) is 0 Å². The van der Waals surface area contributed by atoms with Gasteiger partial charge < -0.3 is 15.3 Å². The van der Waals surface area contributed by atoms with E-state index in [2.05, 4.69) is 0 Å². The lowest BCUT2D eigenvalue weighted by Crippen LogP contribution is -2.54. The molecular weight excluding hydrogens is 362 g/mol. The Morgan fingerprint density at radius 1 is 1.12 bits per heavy atom. The van der Waals surface area contributed by atoms with Crippen LogP contribution in [0.2, 0.25) is 5.02 Å². The number of fused-ring (bicyclic) bond motifs is 1. The number of hydrogen-bond donors (Lipinski definition) is 3. The predicted molar refractivity (Wildman–Crippen MR) is 96.8 cm³/mol. The summed E-state index contributed by atoms with van der Waals surface area (Å²) in [6, 6.07) is 7.53. The van der Waals surface area contributed by atoms with Gasteiger partial charge in [-0.3, -0.25) is 9.30 Å². The van der Waals surface area contributed by atoms with E-state index in [0.717, 1.165) is 21.9 Å². The molecule has 0 aliphatic carbocycles. The maximum atomic E-state index is 9.95. The number of nitrogens with zero attached hydrogens (tertiary/aromatic N) is 3. The zero-order valence-electron chi connectivity index (χ0n) is 13.3. The van der Waals surface area contributed by atoms with Crippen molar-refractivity contribution in [1.82, 2.24) is 14.3 Å². The molecule has 4 rings (SSSR count). The van der Waals surface area contributed by atoms with Gasteiger partial charge in [0.15, 0.2) is 4.96 Å². The Hall–Kier alpha value is -1.48. The number of benzene rings is 1. The molecule has 1 aliphatic rings. The molecule has 8 heteroatoms. The normalized spacial score (nSPS) is 24.9. The quantitative estimate of drug-likeness (QED) is 0.644. The van der Waals surface area contributed by atoms with Crippen LogP contribution in [0.15, 0.2) is 35.8 Å². The first kappa shape index (κ1) is 17.0. The maximum absolute atomic E-state index is 9.95. The van der Waals surface area contributed by atoms with Crippen LogP contribution in [0.1, 0.15) is 5.69 Å². The highest BCUT2D eigenvalue weighted by molar-refractivity contribution is 7.15. The molecule has 0 radical (unpaired) electrons. The fraction of sp³-hybridized carbons (Fsp3) is 0.353. The molecule has 6 nitrogen and oxygen atoms in total. The van der Waals surface area contributed by atoms with Gasteiger partial charge in [-0.1, -0.05) is 23.7 Å². The molecule has 1 fully saturated rings. The lowest BCUT2D eigenvalue weighted by molar-refractivity contribution is -0.111. The van der Waals surface area contributed by atoms with Crippen LogP contribution in [0.5, 0.6) is 0 Å². The second kappa shape index (κ2) is 6.68. The fourth-order valence-electron chi connectivity index (χ4n) is 3.24. The predicted octanol–water partition coefficient (Wildman–Crippen LogP) is 1.61. The van der Waals surface area contributed by atoms with Gasteiger partial charge in [-0.15, -0.1) is 11.3 Å². The zero-order chi connectivity index (χ0) is 17.6. The average Bonchev–Trinajstić information content (AvgIpc) is 3.16. The van der Waals surface area contributed by atoms with Crippen molar-refractivity contribution in [3.63, 3.8) is 0 Å². The van der Waals surface area contributed by atoms with Crippen molar-refractivity contribution in [1.29, 1.82) is 0 Å². The van der Waals surface area contributed by atoms with E-state index in [0.29, 0.717) is 24.7 Å². The first-order chi connectivity index (χ1) is 12.0. The van der Waals surface area contributed by atoms with Gasteiger partial charge in [0.05, 0.1) is 23.6 Å². The standard InChI is InChI=1S/C17H18ClN3O3S/c18-11-3-1-10(2-4-11)15-12(21-5-6-25-17(21)19-15)7-20-8-13(22)16(24)14(23)9-20/h1-6,13-14,16,22-24H,7-9H2/t13-,14+,16?. The van der Waals surface area contributed by atoms with E-state index >= 15 is 0 Å². The van der Waals surface area contributed by atoms with E-state index in [9.17, 15) is 15.3 Å². The molecule has 1 aliphatic heterocycles. The van der Waals surface area contributed by atoms with Gasteiger partial charge in [0.1, 0.15) is 6.10 Å². The summed E-state index contributed by atoms with van der Waals surface area (Å²) < 4.78 is 2.03. The molecule has 0 spiro atoms. The van der Waals surface area contributed by atoms with Gasteiger partial charge in [-0.25, -0.2) is 4.98 Å². The van der Waals surface area contributed by atoms with Crippen LogP contribution in [0, 0.1) is 0 Å². The molecule has 3 N–H and O–H groups in total. The van der Waals surface area contributed by atoms with E-state index in [1.807, 2.05) is 45.1 Å². The van der Waals surface area contributed by atoms with Crippen molar-refractivity contribution < 1.29 is 15.3 Å². The third-order valence-corrected chi connectivity index (χ3v) is 5.54. The molecule has 1 aromatic carbocycles. The van der Waals surface area contributed by atoms with Gasteiger partial charge >= 0.3 is 0 Å². The largest absolute Gasteiger partial charge is 0.389 e. The Morgan fingerprint density at radius 3 is 2.48 bits per heavy atom. The summed E-state index contributed by atoms with van der Waals surface area (Å²) in [6.07, 6.45) is -1.06. The highest BCUT2D eigenvalue weighted by atomic mass is 35.5. The summed E-state index contributed by atoms with van der Waals surface area (Å²) >= 11 is 7.54. The van der Waals surface area contributed by atoms with Crippen LogP contribution < -0.4 is 0 Å². The summed E-state index contributed by atoms with van der Waals surface area (Å²) in [7, 11) is 0. The highest BCUT2D eigenvalue weighted by Crippen LogP contribution is 2.29. The molecule has 3 heterocycles. The number of halogens is 1. The van der Waals surface area contributed by atoms with Crippen LogP contribution in [-0.2, 0) is 6.54 Å². The summed E-state index contributed by atoms with van der Waals surface area (Å²) in [5.41, 5.74) is 2.81. The molecule has 0 saturated carbocycles. The topological polar surface area (TPSA) is 81.2 Å². The van der Waals surface area contributed by atoms with Crippen molar-refractivity contribution in [2.24, 2.45) is 0 Å². The monoisotopic (exact) mass is 379 g/mol. The van der Waals surface area contributed by atoms with Crippen molar-refractivity contribution >= 4 is 27.9 Å². The van der Waals surface area contributed by atoms with E-state index in [4.69, 9.17) is 16.6 Å². The Labute approximate surface area is 153 Å². The van der Waals surface area contributed by atoms with E-state index in [1.54, 1.807) is 11.3 Å². The minimum atomic E-state index is -1.10. The van der Waals surface area contributed by atoms with Crippen LogP contribution in [0.3, 0.4) is 0 Å². The van der Waals surface area contributed by atoms with Gasteiger partial charge in [0.2, 0.25) is 0 Å². The molecule has 3 aromatic rings. The van der Waals surface area contributed by atoms with Gasteiger partial charge in [-0.2, -0.15) is 0 Å². The Balaban J connectivity index is 1.69. The van der Waals surface area contributed by atoms with Gasteiger partial charge in [-0.05, 0) is 12.1 Å². The minimum absolute atomic E-state index is 0.301. The molecule has 3 atom stereocenters. The number of hydrogen-bond acceptors (Lipinski definition) is 6. The first-order valence-electron chi connectivity index (χ1n) is 8.00. The summed E-state index contributed by atoms with van der Waals surface area (Å²) in [5, 5.41) is 32.3. The number of likely N-dealkylation sites (tertiary alicyclic amines) is 1. The maximum Gasteiger partial charge on any atom is 0.194 e. The van der Waals surface area contributed by atoms with E-state index in [1.165, 1.54) is 0 Å². The van der Waals surface area contributed by atoms with Crippen molar-refractivity contribution in [2.45, 2.75) is 24.9 Å². The number of piperidine rings is 1. The van der Waals surface area contributed by atoms with E-state index < -0.39 is 18.3 Å². The summed E-state index contributed by atoms with van der Waals surface area (Å²) in [4.78, 5) is 7.55. The van der Waals surface area contributed by atoms with Crippen LogP contribution in [0.25, 0.3) is 16.2 Å². The summed E-state index contributed by atoms with van der Waals surface area (Å²) in [5.74, 6) is 0. The molecule has 0 bridgehead atoms. The van der Waals surface area contributed by atoms with Crippen molar-refractivity contribution in [3.05, 3.63) is 46.6 Å². The number of β-amino-alcohol motifs (C(OH)–C–C–N with tert-alkyl or cyclic N) is 2. The lowest BCUT2D eigenvalue weighted by atomic mass is 10.0. The number of rotatable bonds is 3. The Kier molecular flexibility index (Phi) is 4.53. The van der Waals surface area contributed by atoms with Crippen LogP contribution in [0.4, 0.5) is 0 Å². The second-order valence-electron chi connectivity index (χ2n) is 6.29. The Morgan fingerprint density at radius 2 is 1.80 bits per heavy atom. The van der Waals surface area contributed by atoms with Gasteiger partial charge in [0, 0.05) is 41.8 Å². The number of imidazole rings is 1. The summed E-state index contributed by atoms with van der Waals surface area (Å²) in [6.45, 7) is 1.11. The molecule has 25 heavy (non-hydrogen) atoms. The highest BCUT2D eigenvalue weighted by Gasteiger charge is 2.34. The zero-order valence-corrected chi connectivity index (χ0v) is 14.9. The van der Waals surface area contributed by atoms with Crippen molar-refractivity contribution in [3.8, 4) is 11.3 Å². The molecule has 132 valence electrons. The van der Waals surface area contributed by atoms with Gasteiger partial charge in [0.25, 0.3) is 0 Å². The third-order valence-electron chi connectivity index (χ3n) is 4.53. The minimum Gasteiger partial charge on any atom is -0.389 e. The molecule has 2 aromatic heterocycles. The molecule has 0 amide bonds. The first-order valence-corrected chi connectivity index (χ1v) is 9.25. The number of aliphatic hydroxyl groups is 3. The third kappa shape index (κ3) is 3.19. The molecule has 1 saturated heterocycles. The molecular formula is C17H18ClN3O3S. The smallest absolute Gasteiger partial charge is 0.194 e. The second-order valence-corrected chi connectivity index (χ2v) is 7.60.